The molecule has 1 saturated carbocycles. The van der Waals surface area contributed by atoms with Gasteiger partial charge in [-0.25, -0.2) is 0 Å². The van der Waals surface area contributed by atoms with Gasteiger partial charge in [0.2, 0.25) is 0 Å². The summed E-state index contributed by atoms with van der Waals surface area (Å²) >= 11 is 5.97. The molecule has 1 amide bonds. The van der Waals surface area contributed by atoms with Crippen molar-refractivity contribution in [3.05, 3.63) is 34.9 Å². The van der Waals surface area contributed by atoms with E-state index in [1.807, 2.05) is 32.0 Å². The highest BCUT2D eigenvalue weighted by Gasteiger charge is 2.26. The van der Waals surface area contributed by atoms with Crippen molar-refractivity contribution in [2.75, 3.05) is 12.4 Å². The standard InChI is InChI=1S/C16H22ClNO/c1-11-5-3-6-12(2)15(11)16(19)18-10-14-8-4-7-13(14)9-17/h3,5-6,13-14H,4,7-10H2,1-2H3,(H,18,19). The predicted octanol–water partition coefficient (Wildman–Crippen LogP) is 3.69. The number of hydrogen-bond acceptors (Lipinski definition) is 1. The molecule has 1 aliphatic carbocycles. The molecule has 0 aliphatic heterocycles. The Kier molecular flexibility index (Phi) is 4.87. The SMILES string of the molecule is Cc1cccc(C)c1C(=O)NCC1CCCC1CCl. The number of nitrogens with one attached hydrogen (secondary N) is 1. The van der Waals surface area contributed by atoms with Gasteiger partial charge in [0.1, 0.15) is 0 Å². The summed E-state index contributed by atoms with van der Waals surface area (Å²) in [6.07, 6.45) is 3.62. The molecule has 2 atom stereocenters. The van der Waals surface area contributed by atoms with Crippen LogP contribution in [0.15, 0.2) is 18.2 Å². The molecule has 2 rings (SSSR count). The van der Waals surface area contributed by atoms with Crippen LogP contribution in [0.25, 0.3) is 0 Å². The first-order valence-electron chi connectivity index (χ1n) is 7.04. The van der Waals surface area contributed by atoms with Crippen LogP contribution in [0.2, 0.25) is 0 Å². The summed E-state index contributed by atoms with van der Waals surface area (Å²) < 4.78 is 0. The molecule has 1 aromatic rings. The average molecular weight is 280 g/mol. The van der Waals surface area contributed by atoms with Crippen LogP contribution in [0, 0.1) is 25.7 Å². The van der Waals surface area contributed by atoms with E-state index in [0.29, 0.717) is 17.7 Å². The smallest absolute Gasteiger partial charge is 0.251 e. The van der Waals surface area contributed by atoms with Crippen molar-refractivity contribution in [3.8, 4) is 0 Å². The molecular formula is C16H22ClNO. The van der Waals surface area contributed by atoms with E-state index >= 15 is 0 Å². The summed E-state index contributed by atoms with van der Waals surface area (Å²) in [4.78, 5) is 12.3. The molecule has 1 aromatic carbocycles. The molecule has 1 N–H and O–H groups in total. The first-order valence-corrected chi connectivity index (χ1v) is 7.57. The summed E-state index contributed by atoms with van der Waals surface area (Å²) in [6, 6.07) is 5.96. The average Bonchev–Trinajstić information content (AvgIpc) is 2.83. The lowest BCUT2D eigenvalue weighted by molar-refractivity contribution is 0.0943. The molecule has 0 saturated heterocycles. The monoisotopic (exact) mass is 279 g/mol. The minimum Gasteiger partial charge on any atom is -0.352 e. The van der Waals surface area contributed by atoms with Crippen molar-refractivity contribution in [2.24, 2.45) is 11.8 Å². The molecule has 3 heteroatoms. The van der Waals surface area contributed by atoms with E-state index in [0.717, 1.165) is 23.2 Å². The number of benzene rings is 1. The Hall–Kier alpha value is -1.02. The highest BCUT2D eigenvalue weighted by Crippen LogP contribution is 2.32. The Morgan fingerprint density at radius 2 is 1.89 bits per heavy atom. The van der Waals surface area contributed by atoms with Gasteiger partial charge in [-0.05, 0) is 49.7 Å². The molecule has 19 heavy (non-hydrogen) atoms. The second-order valence-corrected chi connectivity index (χ2v) is 5.89. The van der Waals surface area contributed by atoms with Crippen LogP contribution in [-0.4, -0.2) is 18.3 Å². The molecule has 104 valence electrons. The van der Waals surface area contributed by atoms with Crippen molar-refractivity contribution in [2.45, 2.75) is 33.1 Å². The van der Waals surface area contributed by atoms with Gasteiger partial charge in [-0.15, -0.1) is 11.6 Å². The van der Waals surface area contributed by atoms with Crippen molar-refractivity contribution in [3.63, 3.8) is 0 Å². The first-order chi connectivity index (χ1) is 9.13. The molecule has 0 aromatic heterocycles. The Morgan fingerprint density at radius 3 is 2.53 bits per heavy atom. The van der Waals surface area contributed by atoms with Crippen molar-refractivity contribution >= 4 is 17.5 Å². The molecule has 2 unspecified atom stereocenters. The number of rotatable bonds is 4. The third-order valence-corrected chi connectivity index (χ3v) is 4.64. The Morgan fingerprint density at radius 1 is 1.26 bits per heavy atom. The van der Waals surface area contributed by atoms with Crippen LogP contribution in [0.1, 0.15) is 40.7 Å². The summed E-state index contributed by atoms with van der Waals surface area (Å²) in [7, 11) is 0. The third-order valence-electron chi connectivity index (χ3n) is 4.25. The number of halogens is 1. The number of alkyl halides is 1. The van der Waals surface area contributed by atoms with E-state index in [9.17, 15) is 4.79 Å². The number of amides is 1. The van der Waals surface area contributed by atoms with Gasteiger partial charge in [0.25, 0.3) is 5.91 Å². The van der Waals surface area contributed by atoms with Gasteiger partial charge in [0.15, 0.2) is 0 Å². The van der Waals surface area contributed by atoms with E-state index in [-0.39, 0.29) is 5.91 Å². The largest absolute Gasteiger partial charge is 0.352 e. The second-order valence-electron chi connectivity index (χ2n) is 5.58. The zero-order valence-electron chi connectivity index (χ0n) is 11.7. The lowest BCUT2D eigenvalue weighted by Gasteiger charge is -2.18. The van der Waals surface area contributed by atoms with Gasteiger partial charge >= 0.3 is 0 Å². The zero-order chi connectivity index (χ0) is 13.8. The zero-order valence-corrected chi connectivity index (χ0v) is 12.5. The van der Waals surface area contributed by atoms with Gasteiger partial charge in [-0.3, -0.25) is 4.79 Å². The van der Waals surface area contributed by atoms with E-state index in [4.69, 9.17) is 11.6 Å². The fourth-order valence-electron chi connectivity index (χ4n) is 3.07. The minimum absolute atomic E-state index is 0.0517. The molecule has 0 radical (unpaired) electrons. The Bertz CT molecular complexity index is 438. The molecule has 1 fully saturated rings. The fourth-order valence-corrected chi connectivity index (χ4v) is 3.48. The molecule has 0 bridgehead atoms. The van der Waals surface area contributed by atoms with Crippen LogP contribution < -0.4 is 5.32 Å². The first kappa shape index (κ1) is 14.4. The lowest BCUT2D eigenvalue weighted by atomic mass is 9.97. The maximum atomic E-state index is 12.3. The normalized spacial score (nSPS) is 22.5. The van der Waals surface area contributed by atoms with Crippen molar-refractivity contribution in [1.82, 2.24) is 5.32 Å². The Labute approximate surface area is 120 Å². The van der Waals surface area contributed by atoms with Gasteiger partial charge in [-0.2, -0.15) is 0 Å². The van der Waals surface area contributed by atoms with Crippen LogP contribution in [-0.2, 0) is 0 Å². The van der Waals surface area contributed by atoms with Gasteiger partial charge < -0.3 is 5.32 Å². The third kappa shape index (κ3) is 3.30. The molecule has 1 aliphatic rings. The highest BCUT2D eigenvalue weighted by molar-refractivity contribution is 6.18. The van der Waals surface area contributed by atoms with E-state index in [2.05, 4.69) is 5.32 Å². The maximum absolute atomic E-state index is 12.3. The van der Waals surface area contributed by atoms with Gasteiger partial charge in [-0.1, -0.05) is 24.6 Å². The van der Waals surface area contributed by atoms with Crippen LogP contribution in [0.5, 0.6) is 0 Å². The topological polar surface area (TPSA) is 29.1 Å². The van der Waals surface area contributed by atoms with Crippen LogP contribution in [0.3, 0.4) is 0 Å². The van der Waals surface area contributed by atoms with Crippen molar-refractivity contribution in [1.29, 1.82) is 0 Å². The number of carbonyl (C=O) groups excluding carboxylic acids is 1. The van der Waals surface area contributed by atoms with E-state index in [1.165, 1.54) is 19.3 Å². The predicted molar refractivity (Wildman–Crippen MR) is 79.8 cm³/mol. The van der Waals surface area contributed by atoms with Gasteiger partial charge in [0.05, 0.1) is 0 Å². The Balaban J connectivity index is 1.98. The summed E-state index contributed by atoms with van der Waals surface area (Å²) in [6.45, 7) is 4.72. The van der Waals surface area contributed by atoms with Crippen molar-refractivity contribution < 1.29 is 4.79 Å². The summed E-state index contributed by atoms with van der Waals surface area (Å²) in [5.74, 6) is 1.88. The molecule has 2 nitrogen and oxygen atoms in total. The minimum atomic E-state index is 0.0517. The molecular weight excluding hydrogens is 258 g/mol. The van der Waals surface area contributed by atoms with Gasteiger partial charge in [0, 0.05) is 18.0 Å². The number of carbonyl (C=O) groups is 1. The molecule has 0 spiro atoms. The summed E-state index contributed by atoms with van der Waals surface area (Å²) in [5.41, 5.74) is 2.90. The number of hydrogen-bond donors (Lipinski definition) is 1. The van der Waals surface area contributed by atoms with E-state index < -0.39 is 0 Å². The quantitative estimate of drug-likeness (QED) is 0.837. The number of aryl methyl sites for hydroxylation is 2. The molecule has 0 heterocycles. The maximum Gasteiger partial charge on any atom is 0.251 e. The highest BCUT2D eigenvalue weighted by atomic mass is 35.5. The summed E-state index contributed by atoms with van der Waals surface area (Å²) in [5, 5.41) is 3.09. The fraction of sp³-hybridized carbons (Fsp3) is 0.562. The van der Waals surface area contributed by atoms with Crippen LogP contribution in [0.4, 0.5) is 0 Å². The van der Waals surface area contributed by atoms with E-state index in [1.54, 1.807) is 0 Å². The lowest BCUT2D eigenvalue weighted by Crippen LogP contribution is -2.32. The second kappa shape index (κ2) is 6.42. The van der Waals surface area contributed by atoms with Crippen LogP contribution >= 0.6 is 11.6 Å².